The first-order valence-electron chi connectivity index (χ1n) is 12.3. The molecule has 0 amide bonds. The second kappa shape index (κ2) is 8.44. The van der Waals surface area contributed by atoms with E-state index in [2.05, 4.69) is 144 Å². The number of hydrogen-bond donors (Lipinski definition) is 2. The van der Waals surface area contributed by atoms with E-state index in [1.807, 2.05) is 0 Å². The molecule has 170 valence electrons. The molecule has 0 spiro atoms. The summed E-state index contributed by atoms with van der Waals surface area (Å²) in [6.07, 6.45) is 0. The first kappa shape index (κ1) is 20.5. The molecule has 0 fully saturated rings. The van der Waals surface area contributed by atoms with Crippen molar-refractivity contribution in [3.8, 4) is 0 Å². The van der Waals surface area contributed by atoms with E-state index < -0.39 is 0 Å². The summed E-state index contributed by atoms with van der Waals surface area (Å²) in [5.74, 6) is 0. The van der Waals surface area contributed by atoms with Crippen molar-refractivity contribution in [1.82, 2.24) is 0 Å². The summed E-state index contributed by atoms with van der Waals surface area (Å²) in [6, 6.07) is 47.4. The van der Waals surface area contributed by atoms with Crippen molar-refractivity contribution in [2.45, 2.75) is 0 Å². The van der Waals surface area contributed by atoms with Crippen molar-refractivity contribution in [2.24, 2.45) is 0 Å². The van der Waals surface area contributed by atoms with Gasteiger partial charge in [-0.3, -0.25) is 0 Å². The fraction of sp³-hybridized carbons (Fsp3) is 0. The van der Waals surface area contributed by atoms with E-state index in [1.54, 1.807) is 0 Å². The highest BCUT2D eigenvalue weighted by molar-refractivity contribution is 6.21. The predicted molar refractivity (Wildman–Crippen MR) is 156 cm³/mol. The Morgan fingerprint density at radius 1 is 0.306 bits per heavy atom. The van der Waals surface area contributed by atoms with Crippen LogP contribution in [0.1, 0.15) is 0 Å². The molecule has 0 unspecified atom stereocenters. The number of fused-ring (bicyclic) bond motifs is 4. The van der Waals surface area contributed by atoms with Gasteiger partial charge in [0, 0.05) is 32.9 Å². The van der Waals surface area contributed by atoms with Gasteiger partial charge in [0.05, 0.1) is 11.4 Å². The lowest BCUT2D eigenvalue weighted by atomic mass is 9.97. The molecule has 7 aromatic rings. The molecule has 0 atom stereocenters. The number of rotatable bonds is 4. The molecule has 0 aromatic heterocycles. The van der Waals surface area contributed by atoms with E-state index in [-0.39, 0.29) is 0 Å². The SMILES string of the molecule is c1ccc2cc(Nc3c4ccccc4c(Nc4ccc5ccccc5c4)c4ccccc34)ccc2c1. The van der Waals surface area contributed by atoms with Crippen LogP contribution in [-0.4, -0.2) is 0 Å². The maximum absolute atomic E-state index is 3.77. The molecule has 0 radical (unpaired) electrons. The van der Waals surface area contributed by atoms with Crippen molar-refractivity contribution in [3.63, 3.8) is 0 Å². The molecule has 2 N–H and O–H groups in total. The molecule has 36 heavy (non-hydrogen) atoms. The minimum absolute atomic E-state index is 1.08. The van der Waals surface area contributed by atoms with Crippen molar-refractivity contribution in [2.75, 3.05) is 10.6 Å². The van der Waals surface area contributed by atoms with Crippen molar-refractivity contribution >= 4 is 65.8 Å². The summed E-state index contributed by atoms with van der Waals surface area (Å²) in [4.78, 5) is 0. The Morgan fingerprint density at radius 3 is 1.03 bits per heavy atom. The van der Waals surface area contributed by atoms with Crippen LogP contribution >= 0.6 is 0 Å². The van der Waals surface area contributed by atoms with Gasteiger partial charge in [0.25, 0.3) is 0 Å². The zero-order valence-electron chi connectivity index (χ0n) is 19.7. The van der Waals surface area contributed by atoms with Crippen LogP contribution in [0.3, 0.4) is 0 Å². The number of anilines is 4. The third-order valence-corrected chi connectivity index (χ3v) is 6.97. The molecule has 7 rings (SSSR count). The quantitative estimate of drug-likeness (QED) is 0.202. The third-order valence-electron chi connectivity index (χ3n) is 6.97. The average Bonchev–Trinajstić information content (AvgIpc) is 2.94. The largest absolute Gasteiger partial charge is 0.354 e. The van der Waals surface area contributed by atoms with Crippen LogP contribution < -0.4 is 10.6 Å². The molecule has 0 bridgehead atoms. The van der Waals surface area contributed by atoms with Crippen LogP contribution in [-0.2, 0) is 0 Å². The second-order valence-corrected chi connectivity index (χ2v) is 9.22. The van der Waals surface area contributed by atoms with E-state index >= 15 is 0 Å². The molecule has 0 aliphatic carbocycles. The van der Waals surface area contributed by atoms with Gasteiger partial charge in [0.2, 0.25) is 0 Å². The van der Waals surface area contributed by atoms with Gasteiger partial charge >= 0.3 is 0 Å². The average molecular weight is 461 g/mol. The fourth-order valence-corrected chi connectivity index (χ4v) is 5.22. The summed E-state index contributed by atoms with van der Waals surface area (Å²) < 4.78 is 0. The smallest absolute Gasteiger partial charge is 0.0545 e. The van der Waals surface area contributed by atoms with Crippen LogP contribution in [0.4, 0.5) is 22.7 Å². The lowest BCUT2D eigenvalue weighted by Crippen LogP contribution is -1.98. The van der Waals surface area contributed by atoms with Crippen LogP contribution in [0.25, 0.3) is 43.1 Å². The highest BCUT2D eigenvalue weighted by atomic mass is 14.9. The Balaban J connectivity index is 1.41. The first-order valence-corrected chi connectivity index (χ1v) is 12.3. The van der Waals surface area contributed by atoms with Crippen LogP contribution in [0, 0.1) is 0 Å². The maximum Gasteiger partial charge on any atom is 0.0545 e. The summed E-state index contributed by atoms with van der Waals surface area (Å²) in [6.45, 7) is 0. The normalized spacial score (nSPS) is 11.3. The summed E-state index contributed by atoms with van der Waals surface area (Å²) >= 11 is 0. The fourth-order valence-electron chi connectivity index (χ4n) is 5.22. The Hall–Kier alpha value is -4.82. The molecule has 2 heteroatoms. The zero-order chi connectivity index (χ0) is 23.9. The van der Waals surface area contributed by atoms with Gasteiger partial charge in [0.1, 0.15) is 0 Å². The highest BCUT2D eigenvalue weighted by Crippen LogP contribution is 2.42. The zero-order valence-corrected chi connectivity index (χ0v) is 19.7. The van der Waals surface area contributed by atoms with Crippen molar-refractivity contribution < 1.29 is 0 Å². The summed E-state index contributed by atoms with van der Waals surface area (Å²) in [7, 11) is 0. The molecule has 0 aliphatic heterocycles. The van der Waals surface area contributed by atoms with E-state index in [0.29, 0.717) is 0 Å². The number of hydrogen-bond acceptors (Lipinski definition) is 2. The molecule has 0 heterocycles. The highest BCUT2D eigenvalue weighted by Gasteiger charge is 2.14. The Labute approximate surface area is 209 Å². The van der Waals surface area contributed by atoms with Gasteiger partial charge in [0.15, 0.2) is 0 Å². The van der Waals surface area contributed by atoms with Gasteiger partial charge in [-0.25, -0.2) is 0 Å². The van der Waals surface area contributed by atoms with E-state index in [0.717, 1.165) is 22.7 Å². The molecule has 0 saturated carbocycles. The van der Waals surface area contributed by atoms with Gasteiger partial charge < -0.3 is 10.6 Å². The lowest BCUT2D eigenvalue weighted by molar-refractivity contribution is 1.59. The van der Waals surface area contributed by atoms with E-state index in [1.165, 1.54) is 43.1 Å². The minimum atomic E-state index is 1.08. The van der Waals surface area contributed by atoms with Crippen LogP contribution in [0.5, 0.6) is 0 Å². The molecule has 0 saturated heterocycles. The van der Waals surface area contributed by atoms with Crippen LogP contribution in [0.2, 0.25) is 0 Å². The van der Waals surface area contributed by atoms with Gasteiger partial charge in [-0.1, -0.05) is 109 Å². The van der Waals surface area contributed by atoms with E-state index in [9.17, 15) is 0 Å². The van der Waals surface area contributed by atoms with E-state index in [4.69, 9.17) is 0 Å². The van der Waals surface area contributed by atoms with Crippen molar-refractivity contribution in [1.29, 1.82) is 0 Å². The molecule has 0 aliphatic rings. The summed E-state index contributed by atoms with van der Waals surface area (Å²) in [5.41, 5.74) is 4.42. The summed E-state index contributed by atoms with van der Waals surface area (Å²) in [5, 5.41) is 17.2. The van der Waals surface area contributed by atoms with Gasteiger partial charge in [-0.05, 0) is 45.8 Å². The van der Waals surface area contributed by atoms with Gasteiger partial charge in [-0.15, -0.1) is 0 Å². The molecule has 2 nitrogen and oxygen atoms in total. The molecule has 7 aromatic carbocycles. The van der Waals surface area contributed by atoms with Crippen molar-refractivity contribution in [3.05, 3.63) is 133 Å². The maximum atomic E-state index is 3.77. The monoisotopic (exact) mass is 460 g/mol. The lowest BCUT2D eigenvalue weighted by Gasteiger charge is -2.19. The first-order chi connectivity index (χ1) is 17.8. The van der Waals surface area contributed by atoms with Crippen LogP contribution in [0.15, 0.2) is 133 Å². The topological polar surface area (TPSA) is 24.1 Å². The third kappa shape index (κ3) is 3.52. The molecular formula is C34H24N2. The Morgan fingerprint density at radius 2 is 0.639 bits per heavy atom. The predicted octanol–water partition coefficient (Wildman–Crippen LogP) is 9.79. The van der Waals surface area contributed by atoms with Gasteiger partial charge in [-0.2, -0.15) is 0 Å². The number of nitrogens with one attached hydrogen (secondary N) is 2. The standard InChI is InChI=1S/C34H24N2/c1-3-11-25-21-27(19-17-23(25)9-1)35-33-29-13-5-7-15-31(29)34(32-16-8-6-14-30(32)33)36-28-20-18-24-10-2-4-12-26(24)22-28/h1-22,35-36H. The number of benzene rings is 7. The Kier molecular flexibility index (Phi) is 4.82. The molecular weight excluding hydrogens is 436 g/mol. The second-order valence-electron chi connectivity index (χ2n) is 9.22. The minimum Gasteiger partial charge on any atom is -0.354 e. The Bertz CT molecular complexity index is 1710.